The molecule has 118 valence electrons. The van der Waals surface area contributed by atoms with Gasteiger partial charge in [0.05, 0.1) is 0 Å². The van der Waals surface area contributed by atoms with Gasteiger partial charge in [0, 0.05) is 34.2 Å². The number of amides is 1. The topological polar surface area (TPSA) is 71.8 Å². The molecule has 0 saturated carbocycles. The summed E-state index contributed by atoms with van der Waals surface area (Å²) < 4.78 is 2.04. The molecule has 3 rings (SSSR count). The predicted molar refractivity (Wildman–Crippen MR) is 95.3 cm³/mol. The zero-order valence-corrected chi connectivity index (χ0v) is 13.5. The molecule has 0 bridgehead atoms. The molecule has 0 saturated heterocycles. The van der Waals surface area contributed by atoms with Crippen LogP contribution in [-0.4, -0.2) is 10.5 Å². The minimum Gasteiger partial charge on any atom is -0.365 e. The monoisotopic (exact) mass is 335 g/mol. The van der Waals surface area contributed by atoms with Gasteiger partial charge in [0.25, 0.3) is 5.91 Å². The highest BCUT2D eigenvalue weighted by atomic mass is 35.5. The molecule has 0 aliphatic rings. The van der Waals surface area contributed by atoms with Crippen molar-refractivity contribution in [1.82, 2.24) is 4.57 Å². The van der Waals surface area contributed by atoms with Crippen molar-refractivity contribution in [3.8, 4) is 6.07 Å². The molecule has 0 unspecified atom stereocenters. The maximum Gasteiger partial charge on any atom is 0.259 e. The van der Waals surface area contributed by atoms with Crippen molar-refractivity contribution in [2.75, 3.05) is 0 Å². The number of hydrogen-bond acceptors (Lipinski definition) is 2. The van der Waals surface area contributed by atoms with Gasteiger partial charge in [0.1, 0.15) is 11.6 Å². The van der Waals surface area contributed by atoms with Gasteiger partial charge < -0.3 is 10.3 Å². The van der Waals surface area contributed by atoms with Crippen molar-refractivity contribution < 1.29 is 4.79 Å². The van der Waals surface area contributed by atoms with Crippen molar-refractivity contribution in [3.05, 3.63) is 76.5 Å². The number of primary amides is 1. The Morgan fingerprint density at radius 3 is 2.62 bits per heavy atom. The standard InChI is InChI=1S/C19H14ClN3O/c20-17-7-3-1-5-13(17)11-23-12-15(9-14(10-21)19(22)24)16-6-2-4-8-18(16)23/h1-9,12H,11H2,(H2,22,24). The van der Waals surface area contributed by atoms with E-state index in [0.717, 1.165) is 22.0 Å². The van der Waals surface area contributed by atoms with E-state index in [1.807, 2.05) is 65.4 Å². The van der Waals surface area contributed by atoms with Crippen LogP contribution in [0, 0.1) is 11.3 Å². The van der Waals surface area contributed by atoms with Gasteiger partial charge in [-0.2, -0.15) is 5.26 Å². The normalized spacial score (nSPS) is 11.4. The van der Waals surface area contributed by atoms with Crippen molar-refractivity contribution in [3.63, 3.8) is 0 Å². The van der Waals surface area contributed by atoms with E-state index in [-0.39, 0.29) is 5.57 Å². The van der Waals surface area contributed by atoms with Crippen LogP contribution in [0.4, 0.5) is 0 Å². The highest BCUT2D eigenvalue weighted by Gasteiger charge is 2.11. The first kappa shape index (κ1) is 15.9. The molecule has 3 aromatic rings. The summed E-state index contributed by atoms with van der Waals surface area (Å²) in [5, 5.41) is 10.7. The van der Waals surface area contributed by atoms with Crippen LogP contribution < -0.4 is 5.73 Å². The predicted octanol–water partition coefficient (Wildman–Crippen LogP) is 3.74. The molecule has 0 aliphatic carbocycles. The molecule has 0 fully saturated rings. The van der Waals surface area contributed by atoms with Crippen LogP contribution in [0.15, 0.2) is 60.3 Å². The summed E-state index contributed by atoms with van der Waals surface area (Å²) in [7, 11) is 0. The summed E-state index contributed by atoms with van der Waals surface area (Å²) in [5.41, 5.74) is 7.92. The van der Waals surface area contributed by atoms with Crippen molar-refractivity contribution in [2.24, 2.45) is 5.73 Å². The van der Waals surface area contributed by atoms with Crippen LogP contribution >= 0.6 is 11.6 Å². The lowest BCUT2D eigenvalue weighted by Gasteiger charge is -2.07. The SMILES string of the molecule is N#CC(=Cc1cn(Cc2ccccc2Cl)c2ccccc12)C(N)=O. The first-order valence-electron chi connectivity index (χ1n) is 7.33. The van der Waals surface area contributed by atoms with Gasteiger partial charge in [-0.1, -0.05) is 48.0 Å². The van der Waals surface area contributed by atoms with Gasteiger partial charge in [-0.05, 0) is 23.8 Å². The molecular formula is C19H14ClN3O. The van der Waals surface area contributed by atoms with E-state index in [0.29, 0.717) is 11.6 Å². The number of para-hydroxylation sites is 1. The van der Waals surface area contributed by atoms with Crippen molar-refractivity contribution in [2.45, 2.75) is 6.54 Å². The number of aromatic nitrogens is 1. The molecule has 0 spiro atoms. The quantitative estimate of drug-likeness (QED) is 0.582. The molecule has 1 heterocycles. The Bertz CT molecular complexity index is 995. The lowest BCUT2D eigenvalue weighted by atomic mass is 10.1. The van der Waals surface area contributed by atoms with Crippen molar-refractivity contribution in [1.29, 1.82) is 5.26 Å². The number of fused-ring (bicyclic) bond motifs is 1. The molecule has 1 amide bonds. The van der Waals surface area contributed by atoms with Crippen LogP contribution in [0.3, 0.4) is 0 Å². The minimum atomic E-state index is -0.736. The second kappa shape index (κ2) is 6.61. The van der Waals surface area contributed by atoms with E-state index >= 15 is 0 Å². The van der Waals surface area contributed by atoms with Gasteiger partial charge in [-0.3, -0.25) is 4.79 Å². The molecule has 2 aromatic carbocycles. The van der Waals surface area contributed by atoms with E-state index < -0.39 is 5.91 Å². The summed E-state index contributed by atoms with van der Waals surface area (Å²) in [4.78, 5) is 11.3. The zero-order chi connectivity index (χ0) is 17.1. The van der Waals surface area contributed by atoms with Crippen LogP contribution in [0.2, 0.25) is 5.02 Å². The maximum absolute atomic E-state index is 11.3. The van der Waals surface area contributed by atoms with E-state index in [2.05, 4.69) is 0 Å². The fraction of sp³-hybridized carbons (Fsp3) is 0.0526. The molecular weight excluding hydrogens is 322 g/mol. The Kier molecular flexibility index (Phi) is 4.37. The summed E-state index contributed by atoms with van der Waals surface area (Å²) in [6.45, 7) is 0.590. The molecule has 1 aromatic heterocycles. The molecule has 0 aliphatic heterocycles. The lowest BCUT2D eigenvalue weighted by molar-refractivity contribution is -0.114. The number of rotatable bonds is 4. The first-order valence-corrected chi connectivity index (χ1v) is 7.71. The molecule has 0 atom stereocenters. The fourth-order valence-corrected chi connectivity index (χ4v) is 2.84. The van der Waals surface area contributed by atoms with Gasteiger partial charge >= 0.3 is 0 Å². The second-order valence-electron chi connectivity index (χ2n) is 5.35. The summed E-state index contributed by atoms with van der Waals surface area (Å²) in [5.74, 6) is -0.736. The first-order chi connectivity index (χ1) is 11.6. The number of halogens is 1. The van der Waals surface area contributed by atoms with Crippen molar-refractivity contribution >= 4 is 34.5 Å². The molecule has 2 N–H and O–H groups in total. The molecule has 5 heteroatoms. The van der Waals surface area contributed by atoms with Crippen LogP contribution in [0.1, 0.15) is 11.1 Å². The third kappa shape index (κ3) is 3.03. The summed E-state index contributed by atoms with van der Waals surface area (Å²) >= 11 is 6.25. The Morgan fingerprint density at radius 2 is 1.92 bits per heavy atom. The fourth-order valence-electron chi connectivity index (χ4n) is 2.65. The number of carbonyl (C=O) groups excluding carboxylic acids is 1. The largest absolute Gasteiger partial charge is 0.365 e. The van der Waals surface area contributed by atoms with Gasteiger partial charge in [0.15, 0.2) is 0 Å². The Morgan fingerprint density at radius 1 is 1.21 bits per heavy atom. The lowest BCUT2D eigenvalue weighted by Crippen LogP contribution is -2.12. The number of carbonyl (C=O) groups is 1. The van der Waals surface area contributed by atoms with E-state index in [4.69, 9.17) is 22.6 Å². The smallest absolute Gasteiger partial charge is 0.259 e. The number of nitrogens with two attached hydrogens (primary N) is 1. The number of nitrogens with zero attached hydrogens (tertiary/aromatic N) is 2. The maximum atomic E-state index is 11.3. The Hall–Kier alpha value is -3.03. The van der Waals surface area contributed by atoms with Crippen LogP contribution in [0.5, 0.6) is 0 Å². The van der Waals surface area contributed by atoms with Gasteiger partial charge in [-0.15, -0.1) is 0 Å². The summed E-state index contributed by atoms with van der Waals surface area (Å²) in [6.07, 6.45) is 3.42. The minimum absolute atomic E-state index is 0.0735. The number of nitriles is 1. The third-order valence-corrected chi connectivity index (χ3v) is 4.17. The average molecular weight is 336 g/mol. The van der Waals surface area contributed by atoms with E-state index in [9.17, 15) is 4.79 Å². The van der Waals surface area contributed by atoms with E-state index in [1.54, 1.807) is 0 Å². The molecule has 0 radical (unpaired) electrons. The number of benzene rings is 2. The highest BCUT2D eigenvalue weighted by Crippen LogP contribution is 2.26. The Balaban J connectivity index is 2.12. The summed E-state index contributed by atoms with van der Waals surface area (Å²) in [6, 6.07) is 17.3. The molecule has 4 nitrogen and oxygen atoms in total. The van der Waals surface area contributed by atoms with Crippen LogP contribution in [-0.2, 0) is 11.3 Å². The second-order valence-corrected chi connectivity index (χ2v) is 5.76. The van der Waals surface area contributed by atoms with E-state index in [1.165, 1.54) is 6.08 Å². The molecule has 24 heavy (non-hydrogen) atoms. The van der Waals surface area contributed by atoms with Gasteiger partial charge in [-0.25, -0.2) is 0 Å². The number of hydrogen-bond donors (Lipinski definition) is 1. The highest BCUT2D eigenvalue weighted by molar-refractivity contribution is 6.31. The average Bonchev–Trinajstić information content (AvgIpc) is 2.92. The third-order valence-electron chi connectivity index (χ3n) is 3.80. The zero-order valence-electron chi connectivity index (χ0n) is 12.7. The van der Waals surface area contributed by atoms with Crippen LogP contribution in [0.25, 0.3) is 17.0 Å². The van der Waals surface area contributed by atoms with Gasteiger partial charge in [0.2, 0.25) is 0 Å². The Labute approximate surface area is 144 Å².